The molecule has 3 aromatic carbocycles. The van der Waals surface area contributed by atoms with Gasteiger partial charge in [0.15, 0.2) is 6.61 Å². The molecule has 0 aliphatic heterocycles. The Morgan fingerprint density at radius 3 is 1.91 bits per heavy atom. The first-order valence-corrected chi connectivity index (χ1v) is 11.0. The molecule has 0 aromatic heterocycles. The Morgan fingerprint density at radius 1 is 0.794 bits per heavy atom. The van der Waals surface area contributed by atoms with Crippen molar-refractivity contribution in [3.63, 3.8) is 0 Å². The van der Waals surface area contributed by atoms with Gasteiger partial charge in [0.2, 0.25) is 5.91 Å². The number of benzene rings is 3. The van der Waals surface area contributed by atoms with E-state index in [-0.39, 0.29) is 25.0 Å². The van der Waals surface area contributed by atoms with E-state index in [0.717, 1.165) is 22.6 Å². The summed E-state index contributed by atoms with van der Waals surface area (Å²) in [7, 11) is 3.20. The van der Waals surface area contributed by atoms with E-state index >= 15 is 0 Å². The van der Waals surface area contributed by atoms with E-state index in [1.165, 1.54) is 4.90 Å². The molecule has 3 rings (SSSR count). The van der Waals surface area contributed by atoms with E-state index in [4.69, 9.17) is 14.2 Å². The summed E-state index contributed by atoms with van der Waals surface area (Å²) in [5.74, 6) is 1.53. The second kappa shape index (κ2) is 12.3. The largest absolute Gasteiger partial charge is 0.497 e. The van der Waals surface area contributed by atoms with Gasteiger partial charge in [-0.05, 0) is 54.4 Å². The maximum Gasteiger partial charge on any atom is 0.261 e. The average Bonchev–Trinajstić information content (AvgIpc) is 2.89. The van der Waals surface area contributed by atoms with Crippen LogP contribution in [0, 0.1) is 0 Å². The highest BCUT2D eigenvalue weighted by Gasteiger charge is 2.26. The minimum atomic E-state index is -0.702. The van der Waals surface area contributed by atoms with Crippen LogP contribution in [0.2, 0.25) is 0 Å². The van der Waals surface area contributed by atoms with E-state index in [1.54, 1.807) is 33.3 Å². The zero-order valence-corrected chi connectivity index (χ0v) is 19.7. The van der Waals surface area contributed by atoms with Gasteiger partial charge in [0.1, 0.15) is 23.3 Å². The molecule has 0 fully saturated rings. The molecule has 0 aliphatic carbocycles. The van der Waals surface area contributed by atoms with Gasteiger partial charge in [-0.15, -0.1) is 0 Å². The molecule has 1 unspecified atom stereocenters. The van der Waals surface area contributed by atoms with Gasteiger partial charge in [0.05, 0.1) is 14.2 Å². The molecule has 7 heteroatoms. The minimum Gasteiger partial charge on any atom is -0.497 e. The van der Waals surface area contributed by atoms with Gasteiger partial charge in [0, 0.05) is 13.1 Å². The van der Waals surface area contributed by atoms with Crippen LogP contribution in [0.5, 0.6) is 17.2 Å². The number of methoxy groups -OCH3 is 2. The molecule has 3 aromatic rings. The average molecular weight is 463 g/mol. The van der Waals surface area contributed by atoms with Crippen LogP contribution in [0.3, 0.4) is 0 Å². The third-order valence-electron chi connectivity index (χ3n) is 5.41. The molecule has 0 saturated heterocycles. The number of nitrogens with zero attached hydrogens (tertiary/aromatic N) is 1. The fraction of sp³-hybridized carbons (Fsp3) is 0.259. The monoisotopic (exact) mass is 462 g/mol. The molecule has 0 heterocycles. The van der Waals surface area contributed by atoms with Crippen molar-refractivity contribution in [3.8, 4) is 17.2 Å². The van der Waals surface area contributed by atoms with Crippen LogP contribution in [-0.2, 0) is 22.7 Å². The Labute approximate surface area is 200 Å². The Kier molecular flexibility index (Phi) is 8.91. The lowest BCUT2D eigenvalue weighted by Gasteiger charge is -2.29. The predicted octanol–water partition coefficient (Wildman–Crippen LogP) is 3.82. The SMILES string of the molecule is COc1ccc(CNC(=O)C(C)N(Cc2ccc(OC)cc2)C(=O)COc2ccccc2)cc1. The van der Waals surface area contributed by atoms with Crippen molar-refractivity contribution in [2.45, 2.75) is 26.1 Å². The number of rotatable bonds is 11. The molecule has 0 saturated carbocycles. The third kappa shape index (κ3) is 7.00. The molecule has 1 N–H and O–H groups in total. The summed E-state index contributed by atoms with van der Waals surface area (Å²) < 4.78 is 16.0. The number of hydrogen-bond acceptors (Lipinski definition) is 5. The molecule has 178 valence electrons. The maximum atomic E-state index is 13.1. The molecule has 0 radical (unpaired) electrons. The summed E-state index contributed by atoms with van der Waals surface area (Å²) in [4.78, 5) is 27.6. The molecule has 7 nitrogen and oxygen atoms in total. The number of carbonyl (C=O) groups excluding carboxylic acids is 2. The number of hydrogen-bond donors (Lipinski definition) is 1. The first-order chi connectivity index (χ1) is 16.5. The second-order valence-electron chi connectivity index (χ2n) is 7.71. The van der Waals surface area contributed by atoms with Crippen molar-refractivity contribution in [1.82, 2.24) is 10.2 Å². The highest BCUT2D eigenvalue weighted by molar-refractivity contribution is 5.88. The zero-order valence-electron chi connectivity index (χ0n) is 19.7. The van der Waals surface area contributed by atoms with Gasteiger partial charge in [-0.2, -0.15) is 0 Å². The van der Waals surface area contributed by atoms with Crippen molar-refractivity contribution in [1.29, 1.82) is 0 Å². The van der Waals surface area contributed by atoms with E-state index < -0.39 is 6.04 Å². The molecular weight excluding hydrogens is 432 g/mol. The second-order valence-corrected chi connectivity index (χ2v) is 7.71. The molecule has 0 aliphatic rings. The first kappa shape index (κ1) is 24.6. The summed E-state index contributed by atoms with van der Waals surface area (Å²) in [6.45, 7) is 2.15. The standard InChI is InChI=1S/C27H30N2O5/c1-20(27(31)28-17-21-9-13-23(32-2)14-10-21)29(18-22-11-15-24(33-3)16-12-22)26(30)19-34-25-7-5-4-6-8-25/h4-16,20H,17-19H2,1-3H3,(H,28,31). The van der Waals surface area contributed by atoms with Crippen molar-refractivity contribution < 1.29 is 23.8 Å². The molecule has 0 spiro atoms. The Morgan fingerprint density at radius 2 is 1.35 bits per heavy atom. The molecule has 2 amide bonds. The lowest BCUT2D eigenvalue weighted by molar-refractivity contribution is -0.142. The summed E-state index contributed by atoms with van der Waals surface area (Å²) in [6.07, 6.45) is 0. The van der Waals surface area contributed by atoms with Crippen molar-refractivity contribution in [2.24, 2.45) is 0 Å². The topological polar surface area (TPSA) is 77.1 Å². The Balaban J connectivity index is 1.68. The van der Waals surface area contributed by atoms with Crippen molar-refractivity contribution >= 4 is 11.8 Å². The van der Waals surface area contributed by atoms with Gasteiger partial charge in [-0.25, -0.2) is 0 Å². The number of ether oxygens (including phenoxy) is 3. The van der Waals surface area contributed by atoms with Crippen LogP contribution < -0.4 is 19.5 Å². The molecule has 34 heavy (non-hydrogen) atoms. The fourth-order valence-electron chi connectivity index (χ4n) is 3.34. The normalized spacial score (nSPS) is 11.3. The van der Waals surface area contributed by atoms with Gasteiger partial charge in [0.25, 0.3) is 5.91 Å². The lowest BCUT2D eigenvalue weighted by atomic mass is 10.1. The van der Waals surface area contributed by atoms with Crippen LogP contribution in [0.1, 0.15) is 18.1 Å². The van der Waals surface area contributed by atoms with E-state index in [1.807, 2.05) is 66.7 Å². The Bertz CT molecular complexity index is 1050. The summed E-state index contributed by atoms with van der Waals surface area (Å²) in [5, 5.41) is 2.91. The quantitative estimate of drug-likeness (QED) is 0.469. The van der Waals surface area contributed by atoms with Gasteiger partial charge < -0.3 is 24.4 Å². The van der Waals surface area contributed by atoms with Crippen molar-refractivity contribution in [2.75, 3.05) is 20.8 Å². The van der Waals surface area contributed by atoms with Crippen LogP contribution in [0.25, 0.3) is 0 Å². The molecular formula is C27H30N2O5. The van der Waals surface area contributed by atoms with E-state index in [9.17, 15) is 9.59 Å². The van der Waals surface area contributed by atoms with Gasteiger partial charge in [-0.1, -0.05) is 42.5 Å². The predicted molar refractivity (Wildman–Crippen MR) is 130 cm³/mol. The lowest BCUT2D eigenvalue weighted by Crippen LogP contribution is -2.48. The number of nitrogens with one attached hydrogen (secondary N) is 1. The number of para-hydroxylation sites is 1. The highest BCUT2D eigenvalue weighted by Crippen LogP contribution is 2.16. The number of carbonyl (C=O) groups is 2. The molecule has 0 bridgehead atoms. The summed E-state index contributed by atoms with van der Waals surface area (Å²) in [6, 6.07) is 23.3. The summed E-state index contributed by atoms with van der Waals surface area (Å²) in [5.41, 5.74) is 1.81. The molecule has 1 atom stereocenters. The smallest absolute Gasteiger partial charge is 0.261 e. The third-order valence-corrected chi connectivity index (χ3v) is 5.41. The Hall–Kier alpha value is -4.00. The fourth-order valence-corrected chi connectivity index (χ4v) is 3.34. The van der Waals surface area contributed by atoms with Crippen LogP contribution in [-0.4, -0.2) is 43.6 Å². The van der Waals surface area contributed by atoms with E-state index in [2.05, 4.69) is 5.32 Å². The minimum absolute atomic E-state index is 0.170. The van der Waals surface area contributed by atoms with Crippen LogP contribution in [0.4, 0.5) is 0 Å². The first-order valence-electron chi connectivity index (χ1n) is 11.0. The maximum absolute atomic E-state index is 13.1. The van der Waals surface area contributed by atoms with Gasteiger partial charge >= 0.3 is 0 Å². The summed E-state index contributed by atoms with van der Waals surface area (Å²) >= 11 is 0. The van der Waals surface area contributed by atoms with E-state index in [0.29, 0.717) is 12.3 Å². The van der Waals surface area contributed by atoms with Gasteiger partial charge in [-0.3, -0.25) is 9.59 Å². The van der Waals surface area contributed by atoms with Crippen LogP contribution >= 0.6 is 0 Å². The zero-order chi connectivity index (χ0) is 24.3. The highest BCUT2D eigenvalue weighted by atomic mass is 16.5. The van der Waals surface area contributed by atoms with Crippen LogP contribution in [0.15, 0.2) is 78.9 Å². The van der Waals surface area contributed by atoms with Crippen molar-refractivity contribution in [3.05, 3.63) is 90.0 Å². The number of amides is 2.